The molecule has 0 atom stereocenters. The van der Waals surface area contributed by atoms with E-state index < -0.39 is 0 Å². The average molecular weight is 194 g/mol. The SMILES string of the molecule is Cc1ccc(C=O)c2scc(F)c12. The van der Waals surface area contributed by atoms with Crippen LogP contribution >= 0.6 is 11.3 Å². The van der Waals surface area contributed by atoms with Crippen molar-refractivity contribution < 1.29 is 9.18 Å². The quantitative estimate of drug-likeness (QED) is 0.637. The molecule has 2 aromatic rings. The Balaban J connectivity index is 2.95. The lowest BCUT2D eigenvalue weighted by molar-refractivity contribution is 0.112. The lowest BCUT2D eigenvalue weighted by Crippen LogP contribution is -1.83. The van der Waals surface area contributed by atoms with Crippen LogP contribution in [0.4, 0.5) is 4.39 Å². The van der Waals surface area contributed by atoms with E-state index in [9.17, 15) is 9.18 Å². The molecule has 13 heavy (non-hydrogen) atoms. The summed E-state index contributed by atoms with van der Waals surface area (Å²) < 4.78 is 14.0. The number of carbonyl (C=O) groups is 1. The zero-order valence-corrected chi connectivity index (χ0v) is 7.82. The average Bonchev–Trinajstić information content (AvgIpc) is 2.50. The predicted octanol–water partition coefficient (Wildman–Crippen LogP) is 3.16. The smallest absolute Gasteiger partial charge is 0.151 e. The van der Waals surface area contributed by atoms with E-state index in [0.717, 1.165) is 16.5 Å². The van der Waals surface area contributed by atoms with Crippen molar-refractivity contribution in [2.75, 3.05) is 0 Å². The van der Waals surface area contributed by atoms with Crippen LogP contribution in [0.1, 0.15) is 15.9 Å². The van der Waals surface area contributed by atoms with Crippen molar-refractivity contribution in [2.45, 2.75) is 6.92 Å². The van der Waals surface area contributed by atoms with Crippen molar-refractivity contribution in [3.8, 4) is 0 Å². The summed E-state index contributed by atoms with van der Waals surface area (Å²) in [7, 11) is 0. The number of halogens is 1. The molecule has 2 rings (SSSR count). The van der Waals surface area contributed by atoms with Crippen LogP contribution in [0.3, 0.4) is 0 Å². The van der Waals surface area contributed by atoms with Gasteiger partial charge in [-0.2, -0.15) is 0 Å². The van der Waals surface area contributed by atoms with Crippen molar-refractivity contribution >= 4 is 27.7 Å². The summed E-state index contributed by atoms with van der Waals surface area (Å²) in [5.74, 6) is -0.235. The summed E-state index contributed by atoms with van der Waals surface area (Å²) in [6, 6.07) is 3.49. The second-order valence-electron chi connectivity index (χ2n) is 2.88. The number of carbonyl (C=O) groups excluding carboxylic acids is 1. The first-order valence-electron chi connectivity index (χ1n) is 3.85. The summed E-state index contributed by atoms with van der Waals surface area (Å²) in [6.07, 6.45) is 0.762. The highest BCUT2D eigenvalue weighted by Crippen LogP contribution is 2.29. The molecule has 0 aliphatic rings. The molecular formula is C10H7FOS. The molecule has 0 unspecified atom stereocenters. The highest BCUT2D eigenvalue weighted by molar-refractivity contribution is 7.17. The summed E-state index contributed by atoms with van der Waals surface area (Å²) in [6.45, 7) is 1.84. The molecule has 0 bridgehead atoms. The summed E-state index contributed by atoms with van der Waals surface area (Å²) >= 11 is 1.27. The molecule has 0 aliphatic heterocycles. The Morgan fingerprint density at radius 2 is 2.23 bits per heavy atom. The van der Waals surface area contributed by atoms with Crippen molar-refractivity contribution in [2.24, 2.45) is 0 Å². The van der Waals surface area contributed by atoms with Gasteiger partial charge >= 0.3 is 0 Å². The molecule has 3 heteroatoms. The summed E-state index contributed by atoms with van der Waals surface area (Å²) in [5.41, 5.74) is 1.44. The van der Waals surface area contributed by atoms with E-state index in [1.54, 1.807) is 12.1 Å². The van der Waals surface area contributed by atoms with Gasteiger partial charge in [0.2, 0.25) is 0 Å². The normalized spacial score (nSPS) is 10.6. The zero-order valence-electron chi connectivity index (χ0n) is 7.00. The van der Waals surface area contributed by atoms with Gasteiger partial charge in [-0.1, -0.05) is 6.07 Å². The van der Waals surface area contributed by atoms with E-state index in [1.165, 1.54) is 16.7 Å². The van der Waals surface area contributed by atoms with Gasteiger partial charge in [-0.25, -0.2) is 4.39 Å². The van der Waals surface area contributed by atoms with Crippen LogP contribution in [0, 0.1) is 12.7 Å². The summed E-state index contributed by atoms with van der Waals surface area (Å²) in [5, 5.41) is 2.01. The predicted molar refractivity (Wildman–Crippen MR) is 51.9 cm³/mol. The Morgan fingerprint density at radius 1 is 1.46 bits per heavy atom. The number of benzene rings is 1. The standard InChI is InChI=1S/C10H7FOS/c1-6-2-3-7(4-12)10-9(6)8(11)5-13-10/h2-5H,1H3. The van der Waals surface area contributed by atoms with Crippen molar-refractivity contribution in [3.63, 3.8) is 0 Å². The van der Waals surface area contributed by atoms with Crippen LogP contribution in [0.15, 0.2) is 17.5 Å². The number of rotatable bonds is 1. The molecule has 0 radical (unpaired) electrons. The molecule has 0 spiro atoms. The van der Waals surface area contributed by atoms with E-state index in [0.29, 0.717) is 10.9 Å². The van der Waals surface area contributed by atoms with Gasteiger partial charge in [0.05, 0.1) is 0 Å². The van der Waals surface area contributed by atoms with Crippen LogP contribution in [0.2, 0.25) is 0 Å². The lowest BCUT2D eigenvalue weighted by Gasteiger charge is -1.97. The molecule has 0 fully saturated rings. The van der Waals surface area contributed by atoms with Gasteiger partial charge in [0.1, 0.15) is 5.82 Å². The second kappa shape index (κ2) is 2.92. The molecule has 1 aromatic heterocycles. The number of fused-ring (bicyclic) bond motifs is 1. The number of hydrogen-bond donors (Lipinski definition) is 0. The maximum Gasteiger partial charge on any atom is 0.151 e. The molecule has 0 aliphatic carbocycles. The van der Waals surface area contributed by atoms with E-state index in [4.69, 9.17) is 0 Å². The van der Waals surface area contributed by atoms with Gasteiger partial charge < -0.3 is 0 Å². The number of hydrogen-bond acceptors (Lipinski definition) is 2. The monoisotopic (exact) mass is 194 g/mol. The molecule has 1 nitrogen and oxygen atoms in total. The minimum Gasteiger partial charge on any atom is -0.298 e. The molecule has 1 heterocycles. The first-order valence-corrected chi connectivity index (χ1v) is 4.73. The summed E-state index contributed by atoms with van der Waals surface area (Å²) in [4.78, 5) is 10.6. The van der Waals surface area contributed by atoms with Crippen LogP contribution < -0.4 is 0 Å². The van der Waals surface area contributed by atoms with Gasteiger partial charge in [-0.05, 0) is 18.6 Å². The van der Waals surface area contributed by atoms with E-state index >= 15 is 0 Å². The molecule has 1 aromatic carbocycles. The number of aldehydes is 1. The third kappa shape index (κ3) is 1.16. The van der Waals surface area contributed by atoms with Crippen LogP contribution in [-0.4, -0.2) is 6.29 Å². The number of thiophene rings is 1. The maximum atomic E-state index is 13.2. The fourth-order valence-electron chi connectivity index (χ4n) is 1.38. The fourth-order valence-corrected chi connectivity index (χ4v) is 2.35. The van der Waals surface area contributed by atoms with Crippen LogP contribution in [0.5, 0.6) is 0 Å². The fraction of sp³-hybridized carbons (Fsp3) is 0.100. The van der Waals surface area contributed by atoms with E-state index in [2.05, 4.69) is 0 Å². The number of aryl methyl sites for hydroxylation is 1. The lowest BCUT2D eigenvalue weighted by atomic mass is 10.1. The first kappa shape index (κ1) is 8.38. The van der Waals surface area contributed by atoms with Gasteiger partial charge in [0, 0.05) is 21.0 Å². The van der Waals surface area contributed by atoms with Crippen molar-refractivity contribution in [3.05, 3.63) is 34.5 Å². The minimum atomic E-state index is -0.235. The second-order valence-corrected chi connectivity index (χ2v) is 3.76. The topological polar surface area (TPSA) is 17.1 Å². The molecule has 66 valence electrons. The molecular weight excluding hydrogens is 187 g/mol. The molecule has 0 N–H and O–H groups in total. The molecule has 0 amide bonds. The highest BCUT2D eigenvalue weighted by atomic mass is 32.1. The third-order valence-electron chi connectivity index (χ3n) is 2.04. The van der Waals surface area contributed by atoms with Crippen LogP contribution in [-0.2, 0) is 0 Å². The van der Waals surface area contributed by atoms with Crippen molar-refractivity contribution in [1.82, 2.24) is 0 Å². The minimum absolute atomic E-state index is 0.235. The Kier molecular flexibility index (Phi) is 1.88. The molecule has 0 saturated heterocycles. The Bertz CT molecular complexity index is 473. The van der Waals surface area contributed by atoms with Gasteiger partial charge in [-0.3, -0.25) is 4.79 Å². The first-order chi connectivity index (χ1) is 6.24. The largest absolute Gasteiger partial charge is 0.298 e. The highest BCUT2D eigenvalue weighted by Gasteiger charge is 2.09. The van der Waals surface area contributed by atoms with Gasteiger partial charge in [-0.15, -0.1) is 11.3 Å². The molecule has 0 saturated carbocycles. The van der Waals surface area contributed by atoms with Crippen LogP contribution in [0.25, 0.3) is 10.1 Å². The maximum absolute atomic E-state index is 13.2. The van der Waals surface area contributed by atoms with E-state index in [-0.39, 0.29) is 5.82 Å². The van der Waals surface area contributed by atoms with Gasteiger partial charge in [0.25, 0.3) is 0 Å². The Hall–Kier alpha value is -1.22. The Labute approximate surface area is 78.8 Å². The van der Waals surface area contributed by atoms with E-state index in [1.807, 2.05) is 6.92 Å². The Morgan fingerprint density at radius 3 is 2.92 bits per heavy atom. The third-order valence-corrected chi connectivity index (χ3v) is 3.04. The zero-order chi connectivity index (χ0) is 9.42. The van der Waals surface area contributed by atoms with Gasteiger partial charge in [0.15, 0.2) is 6.29 Å². The van der Waals surface area contributed by atoms with Crippen molar-refractivity contribution in [1.29, 1.82) is 0 Å².